The molecule has 1 fully saturated rings. The molecule has 0 bridgehead atoms. The number of carbonyl (C=O) groups excluding carboxylic acids is 3. The van der Waals surface area contributed by atoms with Crippen molar-refractivity contribution in [3.8, 4) is 5.75 Å². The minimum Gasteiger partial charge on any atom is -0.493 e. The number of carbonyl (C=O) groups is 3. The summed E-state index contributed by atoms with van der Waals surface area (Å²) in [7, 11) is 1.32. The zero-order valence-electron chi connectivity index (χ0n) is 15.7. The van der Waals surface area contributed by atoms with Crippen LogP contribution in [-0.2, 0) is 32.0 Å². The number of rotatable bonds is 5. The average Bonchev–Trinajstić information content (AvgIpc) is 2.99. The van der Waals surface area contributed by atoms with Gasteiger partial charge in [-0.1, -0.05) is 12.1 Å². The Hall–Kier alpha value is -2.57. The maximum atomic E-state index is 12.7. The van der Waals surface area contributed by atoms with Crippen molar-refractivity contribution >= 4 is 17.8 Å². The summed E-state index contributed by atoms with van der Waals surface area (Å²) in [6, 6.07) is 5.94. The van der Waals surface area contributed by atoms with Gasteiger partial charge in [0, 0.05) is 39.0 Å². The molecule has 27 heavy (non-hydrogen) atoms. The summed E-state index contributed by atoms with van der Waals surface area (Å²) in [5.74, 6) is 0.558. The fraction of sp³-hybridized carbons (Fsp3) is 0.550. The molecule has 1 aromatic rings. The molecule has 0 N–H and O–H groups in total. The Bertz CT molecular complexity index is 718. The van der Waals surface area contributed by atoms with Crippen LogP contribution in [0.5, 0.6) is 5.75 Å². The molecule has 0 aliphatic carbocycles. The Morgan fingerprint density at radius 3 is 2.52 bits per heavy atom. The third-order valence-corrected chi connectivity index (χ3v) is 5.08. The predicted molar refractivity (Wildman–Crippen MR) is 98.4 cm³/mol. The van der Waals surface area contributed by atoms with Gasteiger partial charge in [-0.15, -0.1) is 0 Å². The van der Waals surface area contributed by atoms with Gasteiger partial charge in [0.05, 0.1) is 26.6 Å². The Labute approximate surface area is 159 Å². The highest BCUT2D eigenvalue weighted by Gasteiger charge is 2.23. The van der Waals surface area contributed by atoms with Gasteiger partial charge in [-0.25, -0.2) is 0 Å². The maximum absolute atomic E-state index is 12.7. The second-order valence-corrected chi connectivity index (χ2v) is 6.91. The quantitative estimate of drug-likeness (QED) is 0.724. The molecular formula is C20H26N2O5. The summed E-state index contributed by atoms with van der Waals surface area (Å²) in [6.45, 7) is 2.99. The normalized spacial score (nSPS) is 16.3. The van der Waals surface area contributed by atoms with Gasteiger partial charge in [-0.05, 0) is 23.6 Å². The number of amides is 2. The summed E-state index contributed by atoms with van der Waals surface area (Å²) in [4.78, 5) is 39.7. The van der Waals surface area contributed by atoms with Crippen LogP contribution in [0.3, 0.4) is 0 Å². The van der Waals surface area contributed by atoms with Crippen LogP contribution in [0, 0.1) is 0 Å². The predicted octanol–water partition coefficient (Wildman–Crippen LogP) is 1.18. The number of hydrogen-bond acceptors (Lipinski definition) is 5. The van der Waals surface area contributed by atoms with E-state index < -0.39 is 0 Å². The van der Waals surface area contributed by atoms with Crippen molar-refractivity contribution in [3.05, 3.63) is 29.3 Å². The van der Waals surface area contributed by atoms with Crippen molar-refractivity contribution in [3.63, 3.8) is 0 Å². The van der Waals surface area contributed by atoms with E-state index in [0.717, 1.165) is 24.2 Å². The van der Waals surface area contributed by atoms with Crippen molar-refractivity contribution in [2.75, 3.05) is 39.9 Å². The summed E-state index contributed by atoms with van der Waals surface area (Å²) in [5, 5.41) is 0. The van der Waals surface area contributed by atoms with Crippen molar-refractivity contribution in [1.29, 1.82) is 0 Å². The number of nitrogens with zero attached hydrogens (tertiary/aromatic N) is 2. The molecule has 0 saturated carbocycles. The minimum atomic E-state index is -0.380. The van der Waals surface area contributed by atoms with Crippen molar-refractivity contribution in [2.45, 2.75) is 32.1 Å². The Kier molecular flexibility index (Phi) is 6.32. The van der Waals surface area contributed by atoms with Gasteiger partial charge in [0.2, 0.25) is 11.8 Å². The first-order chi connectivity index (χ1) is 13.1. The Balaban J connectivity index is 1.50. The molecule has 2 aliphatic heterocycles. The number of benzene rings is 1. The first kappa shape index (κ1) is 19.2. The lowest BCUT2D eigenvalue weighted by molar-refractivity contribution is -0.143. The van der Waals surface area contributed by atoms with Crippen molar-refractivity contribution in [2.24, 2.45) is 0 Å². The van der Waals surface area contributed by atoms with E-state index in [1.54, 1.807) is 4.90 Å². The first-order valence-corrected chi connectivity index (χ1v) is 9.44. The molecule has 2 heterocycles. The van der Waals surface area contributed by atoms with E-state index >= 15 is 0 Å². The molecule has 0 aromatic heterocycles. The van der Waals surface area contributed by atoms with E-state index in [2.05, 4.69) is 10.8 Å². The van der Waals surface area contributed by atoms with Gasteiger partial charge < -0.3 is 19.3 Å². The standard InChI is InChI=1S/C20H26N2O5/c1-26-20(25)6-5-18(23)21-8-2-9-22(11-10-21)19(24)14-15-3-4-17-16(13-15)7-12-27-17/h3-4,13H,2,5-12,14H2,1H3. The second-order valence-electron chi connectivity index (χ2n) is 6.91. The molecule has 1 saturated heterocycles. The number of ether oxygens (including phenoxy) is 2. The van der Waals surface area contributed by atoms with Gasteiger partial charge in [0.25, 0.3) is 0 Å². The topological polar surface area (TPSA) is 76.2 Å². The third-order valence-electron chi connectivity index (χ3n) is 5.08. The minimum absolute atomic E-state index is 0.0617. The third kappa shape index (κ3) is 4.99. The van der Waals surface area contributed by atoms with Crippen LogP contribution in [0.4, 0.5) is 0 Å². The summed E-state index contributed by atoms with van der Waals surface area (Å²) < 4.78 is 10.1. The van der Waals surface area contributed by atoms with Crippen molar-refractivity contribution < 1.29 is 23.9 Å². The van der Waals surface area contributed by atoms with E-state index in [9.17, 15) is 14.4 Å². The van der Waals surface area contributed by atoms with Crippen LogP contribution in [0.2, 0.25) is 0 Å². The number of methoxy groups -OCH3 is 1. The van der Waals surface area contributed by atoms with E-state index in [0.29, 0.717) is 39.2 Å². The molecule has 0 radical (unpaired) electrons. The number of hydrogen-bond donors (Lipinski definition) is 0. The van der Waals surface area contributed by atoms with Crippen LogP contribution in [-0.4, -0.2) is 67.5 Å². The Morgan fingerprint density at radius 2 is 1.78 bits per heavy atom. The number of fused-ring (bicyclic) bond motifs is 1. The molecule has 0 atom stereocenters. The lowest BCUT2D eigenvalue weighted by atomic mass is 10.1. The molecule has 146 valence electrons. The molecule has 0 spiro atoms. The smallest absolute Gasteiger partial charge is 0.306 e. The average molecular weight is 374 g/mol. The summed E-state index contributed by atoms with van der Waals surface area (Å²) in [6.07, 6.45) is 2.25. The van der Waals surface area contributed by atoms with Crippen LogP contribution in [0.25, 0.3) is 0 Å². The highest BCUT2D eigenvalue weighted by molar-refractivity contribution is 5.82. The van der Waals surface area contributed by atoms with Gasteiger partial charge in [-0.3, -0.25) is 14.4 Å². The molecule has 0 unspecified atom stereocenters. The molecule has 7 nitrogen and oxygen atoms in total. The zero-order chi connectivity index (χ0) is 19.2. The first-order valence-electron chi connectivity index (χ1n) is 9.44. The second kappa shape index (κ2) is 8.88. The highest BCUT2D eigenvalue weighted by atomic mass is 16.5. The summed E-state index contributed by atoms with van der Waals surface area (Å²) >= 11 is 0. The van der Waals surface area contributed by atoms with Gasteiger partial charge in [0.15, 0.2) is 0 Å². The maximum Gasteiger partial charge on any atom is 0.306 e. The fourth-order valence-electron chi connectivity index (χ4n) is 3.52. The van der Waals surface area contributed by atoms with Crippen LogP contribution in [0.15, 0.2) is 18.2 Å². The van der Waals surface area contributed by atoms with E-state index in [-0.39, 0.29) is 30.6 Å². The fourth-order valence-corrected chi connectivity index (χ4v) is 3.52. The molecule has 2 aliphatic rings. The largest absolute Gasteiger partial charge is 0.493 e. The lowest BCUT2D eigenvalue weighted by Gasteiger charge is -2.22. The van der Waals surface area contributed by atoms with Crippen LogP contribution in [0.1, 0.15) is 30.4 Å². The van der Waals surface area contributed by atoms with Crippen LogP contribution >= 0.6 is 0 Å². The molecule has 1 aromatic carbocycles. The van der Waals surface area contributed by atoms with E-state index in [1.165, 1.54) is 12.7 Å². The lowest BCUT2D eigenvalue weighted by Crippen LogP contribution is -2.38. The van der Waals surface area contributed by atoms with Crippen molar-refractivity contribution in [1.82, 2.24) is 9.80 Å². The molecule has 3 rings (SSSR count). The van der Waals surface area contributed by atoms with Gasteiger partial charge in [0.1, 0.15) is 5.75 Å². The highest BCUT2D eigenvalue weighted by Crippen LogP contribution is 2.26. The Morgan fingerprint density at radius 1 is 1.04 bits per heavy atom. The zero-order valence-corrected chi connectivity index (χ0v) is 15.7. The monoisotopic (exact) mass is 374 g/mol. The SMILES string of the molecule is COC(=O)CCC(=O)N1CCCN(C(=O)Cc2ccc3c(c2)CCO3)CC1. The van der Waals surface area contributed by atoms with Crippen LogP contribution < -0.4 is 4.74 Å². The van der Waals surface area contributed by atoms with E-state index in [1.807, 2.05) is 17.0 Å². The van der Waals surface area contributed by atoms with Gasteiger partial charge in [-0.2, -0.15) is 0 Å². The van der Waals surface area contributed by atoms with E-state index in [4.69, 9.17) is 4.74 Å². The summed E-state index contributed by atoms with van der Waals surface area (Å²) in [5.41, 5.74) is 2.16. The van der Waals surface area contributed by atoms with Gasteiger partial charge >= 0.3 is 5.97 Å². The molecular weight excluding hydrogens is 348 g/mol. The molecule has 7 heteroatoms. The number of esters is 1. The molecule has 2 amide bonds.